The molecule has 1 aliphatic rings. The lowest BCUT2D eigenvalue weighted by atomic mass is 9.95. The van der Waals surface area contributed by atoms with Crippen LogP contribution in [0.2, 0.25) is 0 Å². The molecule has 1 aromatic rings. The largest absolute Gasteiger partial charge is 0.390 e. The van der Waals surface area contributed by atoms with Crippen LogP contribution in [-0.2, 0) is 6.42 Å². The molecule has 78 valence electrons. The predicted octanol–water partition coefficient (Wildman–Crippen LogP) is 2.63. The molecule has 14 heavy (non-hydrogen) atoms. The maximum absolute atomic E-state index is 10.3. The lowest BCUT2D eigenvalue weighted by Gasteiger charge is -2.21. The average Bonchev–Trinajstić information content (AvgIpc) is 2.76. The van der Waals surface area contributed by atoms with Crippen molar-refractivity contribution in [3.05, 3.63) is 16.6 Å². The van der Waals surface area contributed by atoms with Gasteiger partial charge in [0, 0.05) is 17.5 Å². The summed E-state index contributed by atoms with van der Waals surface area (Å²) in [5, 5.41) is 10.3. The zero-order valence-corrected chi connectivity index (χ0v) is 9.39. The zero-order chi connectivity index (χ0) is 10.0. The minimum Gasteiger partial charge on any atom is -0.390 e. The van der Waals surface area contributed by atoms with Gasteiger partial charge in [-0.15, -0.1) is 11.3 Å². The van der Waals surface area contributed by atoms with Crippen LogP contribution in [0.1, 0.15) is 37.5 Å². The number of aliphatic hydroxyl groups is 1. The summed E-state index contributed by atoms with van der Waals surface area (Å²) in [4.78, 5) is 5.25. The van der Waals surface area contributed by atoms with Crippen molar-refractivity contribution in [2.75, 3.05) is 0 Å². The molecule has 0 spiro atoms. The fraction of sp³-hybridized carbons (Fsp3) is 0.727. The van der Waals surface area contributed by atoms with E-state index in [1.165, 1.54) is 17.7 Å². The third kappa shape index (κ3) is 2.15. The van der Waals surface area contributed by atoms with Gasteiger partial charge in [0.1, 0.15) is 0 Å². The maximum Gasteiger partial charge on any atom is 0.0794 e. The zero-order valence-electron chi connectivity index (χ0n) is 8.57. The summed E-state index contributed by atoms with van der Waals surface area (Å²) in [5.74, 6) is 0.730. The Kier molecular flexibility index (Phi) is 2.88. The van der Waals surface area contributed by atoms with Gasteiger partial charge >= 0.3 is 0 Å². The van der Waals surface area contributed by atoms with E-state index in [2.05, 4.69) is 11.9 Å². The normalized spacial score (nSPS) is 32.3. The fourth-order valence-corrected chi connectivity index (χ4v) is 3.11. The van der Waals surface area contributed by atoms with E-state index < -0.39 is 5.60 Å². The second kappa shape index (κ2) is 3.99. The Morgan fingerprint density at radius 1 is 1.71 bits per heavy atom. The van der Waals surface area contributed by atoms with E-state index in [1.807, 2.05) is 11.7 Å². The van der Waals surface area contributed by atoms with Gasteiger partial charge in [-0.05, 0) is 25.2 Å². The molecule has 1 saturated carbocycles. The van der Waals surface area contributed by atoms with Crippen molar-refractivity contribution in [2.45, 2.75) is 44.6 Å². The average molecular weight is 211 g/mol. The van der Waals surface area contributed by atoms with Gasteiger partial charge in [0.25, 0.3) is 0 Å². The Morgan fingerprint density at radius 3 is 3.14 bits per heavy atom. The van der Waals surface area contributed by atoms with Crippen LogP contribution in [0.15, 0.2) is 11.7 Å². The van der Waals surface area contributed by atoms with Crippen molar-refractivity contribution >= 4 is 11.3 Å². The van der Waals surface area contributed by atoms with Gasteiger partial charge in [0.2, 0.25) is 0 Å². The van der Waals surface area contributed by atoms with Crippen LogP contribution in [0.5, 0.6) is 0 Å². The van der Waals surface area contributed by atoms with Crippen molar-refractivity contribution in [3.63, 3.8) is 0 Å². The molecule has 1 N–H and O–H groups in total. The molecule has 1 aliphatic carbocycles. The van der Waals surface area contributed by atoms with Crippen LogP contribution >= 0.6 is 11.3 Å². The van der Waals surface area contributed by atoms with Crippen LogP contribution in [-0.4, -0.2) is 15.7 Å². The molecular weight excluding hydrogens is 194 g/mol. The lowest BCUT2D eigenvalue weighted by molar-refractivity contribution is 0.0444. The van der Waals surface area contributed by atoms with Crippen LogP contribution < -0.4 is 0 Å². The number of thiazole rings is 1. The van der Waals surface area contributed by atoms with Crippen LogP contribution in [0.3, 0.4) is 0 Å². The van der Waals surface area contributed by atoms with E-state index in [1.54, 1.807) is 11.3 Å². The summed E-state index contributed by atoms with van der Waals surface area (Å²) in [6, 6.07) is 0. The standard InChI is InChI=1S/C11H17NOS/c1-2-9-3-4-11(13,5-9)6-10-7-12-8-14-10/h7-9,13H,2-6H2,1H3. The molecule has 2 unspecified atom stereocenters. The molecule has 1 heterocycles. The molecule has 2 nitrogen and oxygen atoms in total. The first kappa shape index (κ1) is 10.1. The monoisotopic (exact) mass is 211 g/mol. The molecule has 2 rings (SSSR count). The molecule has 0 amide bonds. The van der Waals surface area contributed by atoms with E-state index in [0.29, 0.717) is 0 Å². The maximum atomic E-state index is 10.3. The van der Waals surface area contributed by atoms with Crippen LogP contribution in [0.25, 0.3) is 0 Å². The summed E-state index contributed by atoms with van der Waals surface area (Å²) in [7, 11) is 0. The first-order valence-corrected chi connectivity index (χ1v) is 6.19. The third-order valence-corrected chi connectivity index (χ3v) is 4.03. The van der Waals surface area contributed by atoms with Crippen molar-refractivity contribution in [2.24, 2.45) is 5.92 Å². The van der Waals surface area contributed by atoms with Crippen molar-refractivity contribution in [1.82, 2.24) is 4.98 Å². The lowest BCUT2D eigenvalue weighted by Crippen LogP contribution is -2.27. The van der Waals surface area contributed by atoms with E-state index in [9.17, 15) is 5.11 Å². The highest BCUT2D eigenvalue weighted by Crippen LogP contribution is 2.38. The molecule has 2 atom stereocenters. The van der Waals surface area contributed by atoms with Gasteiger partial charge in [-0.25, -0.2) is 0 Å². The number of hydrogen-bond donors (Lipinski definition) is 1. The van der Waals surface area contributed by atoms with Gasteiger partial charge in [0.05, 0.1) is 11.1 Å². The Labute approximate surface area is 89.0 Å². The molecule has 0 bridgehead atoms. The van der Waals surface area contributed by atoms with Crippen molar-refractivity contribution in [1.29, 1.82) is 0 Å². The summed E-state index contributed by atoms with van der Waals surface area (Å²) in [6.45, 7) is 2.21. The van der Waals surface area contributed by atoms with Crippen LogP contribution in [0, 0.1) is 5.92 Å². The topological polar surface area (TPSA) is 33.1 Å². The first-order chi connectivity index (χ1) is 6.72. The molecule has 0 radical (unpaired) electrons. The SMILES string of the molecule is CCC1CCC(O)(Cc2cncs2)C1. The molecule has 3 heteroatoms. The summed E-state index contributed by atoms with van der Waals surface area (Å²) < 4.78 is 0. The van der Waals surface area contributed by atoms with Crippen LogP contribution in [0.4, 0.5) is 0 Å². The quantitative estimate of drug-likeness (QED) is 0.833. The van der Waals surface area contributed by atoms with Crippen molar-refractivity contribution < 1.29 is 5.11 Å². The summed E-state index contributed by atoms with van der Waals surface area (Å²) in [6.07, 6.45) is 7.00. The van der Waals surface area contributed by atoms with Gasteiger partial charge in [-0.1, -0.05) is 13.3 Å². The van der Waals surface area contributed by atoms with Gasteiger partial charge < -0.3 is 5.11 Å². The Hall–Kier alpha value is -0.410. The molecule has 0 saturated heterocycles. The fourth-order valence-electron chi connectivity index (χ4n) is 2.38. The molecule has 0 aliphatic heterocycles. The molecule has 1 aromatic heterocycles. The molecular formula is C11H17NOS. The number of hydrogen-bond acceptors (Lipinski definition) is 3. The summed E-state index contributed by atoms with van der Waals surface area (Å²) >= 11 is 1.65. The summed E-state index contributed by atoms with van der Waals surface area (Å²) in [5.41, 5.74) is 1.40. The minimum absolute atomic E-state index is 0.437. The van der Waals surface area contributed by atoms with E-state index in [-0.39, 0.29) is 0 Å². The molecule has 1 fully saturated rings. The first-order valence-electron chi connectivity index (χ1n) is 5.31. The smallest absolute Gasteiger partial charge is 0.0794 e. The third-order valence-electron chi connectivity index (χ3n) is 3.25. The Balaban J connectivity index is 1.97. The highest BCUT2D eigenvalue weighted by atomic mass is 32.1. The number of rotatable bonds is 3. The minimum atomic E-state index is -0.437. The number of aromatic nitrogens is 1. The van der Waals surface area contributed by atoms with Crippen molar-refractivity contribution in [3.8, 4) is 0 Å². The Bertz CT molecular complexity index is 285. The second-order valence-corrected chi connectivity index (χ2v) is 5.36. The number of nitrogens with zero attached hydrogens (tertiary/aromatic N) is 1. The van der Waals surface area contributed by atoms with Gasteiger partial charge in [-0.2, -0.15) is 0 Å². The van der Waals surface area contributed by atoms with Gasteiger partial charge in [0.15, 0.2) is 0 Å². The Morgan fingerprint density at radius 2 is 2.57 bits per heavy atom. The van der Waals surface area contributed by atoms with E-state index in [0.717, 1.165) is 25.2 Å². The van der Waals surface area contributed by atoms with E-state index >= 15 is 0 Å². The second-order valence-electron chi connectivity index (χ2n) is 4.39. The highest BCUT2D eigenvalue weighted by molar-refractivity contribution is 7.09. The van der Waals surface area contributed by atoms with E-state index in [4.69, 9.17) is 0 Å². The molecule has 0 aromatic carbocycles. The van der Waals surface area contributed by atoms with Gasteiger partial charge in [-0.3, -0.25) is 4.98 Å². The predicted molar refractivity (Wildman–Crippen MR) is 58.4 cm³/mol. The highest BCUT2D eigenvalue weighted by Gasteiger charge is 2.36.